The van der Waals surface area contributed by atoms with E-state index in [2.05, 4.69) is 10.3 Å². The van der Waals surface area contributed by atoms with Crippen LogP contribution < -0.4 is 4.90 Å². The van der Waals surface area contributed by atoms with Crippen molar-refractivity contribution in [3.63, 3.8) is 0 Å². The smallest absolute Gasteiger partial charge is 0.263 e. The van der Waals surface area contributed by atoms with Crippen molar-refractivity contribution in [1.29, 1.82) is 0 Å². The second-order valence-corrected chi connectivity index (χ2v) is 6.18. The molecule has 0 spiro atoms. The van der Waals surface area contributed by atoms with Crippen LogP contribution in [0.15, 0.2) is 58.9 Å². The van der Waals surface area contributed by atoms with Gasteiger partial charge in [0.1, 0.15) is 5.82 Å². The Bertz CT molecular complexity index is 886. The molecule has 0 radical (unpaired) electrons. The minimum absolute atomic E-state index is 0.265. The number of anilines is 1. The largest absolute Gasteiger partial charge is 0.271 e. The Labute approximate surface area is 147 Å². The van der Waals surface area contributed by atoms with E-state index in [1.54, 1.807) is 12.1 Å². The molecule has 2 heterocycles. The number of carbonyl (C=O) groups is 2. The van der Waals surface area contributed by atoms with Gasteiger partial charge in [-0.25, -0.2) is 9.29 Å². The molecule has 8 heteroatoms. The van der Waals surface area contributed by atoms with E-state index in [-0.39, 0.29) is 6.54 Å². The molecule has 2 aliphatic heterocycles. The first-order chi connectivity index (χ1) is 12.1. The van der Waals surface area contributed by atoms with Crippen LogP contribution in [0.2, 0.25) is 5.02 Å². The van der Waals surface area contributed by atoms with Gasteiger partial charge in [0.2, 0.25) is 0 Å². The Morgan fingerprint density at radius 3 is 2.48 bits per heavy atom. The van der Waals surface area contributed by atoms with Crippen molar-refractivity contribution in [2.75, 3.05) is 4.90 Å². The van der Waals surface area contributed by atoms with Crippen molar-refractivity contribution in [1.82, 2.24) is 5.01 Å². The second-order valence-electron chi connectivity index (χ2n) is 5.77. The minimum Gasteiger partial charge on any atom is -0.271 e. The van der Waals surface area contributed by atoms with Gasteiger partial charge in [-0.05, 0) is 35.9 Å². The molecule has 2 amide bonds. The van der Waals surface area contributed by atoms with Gasteiger partial charge in [-0.15, -0.1) is 0 Å². The summed E-state index contributed by atoms with van der Waals surface area (Å²) < 4.78 is 13.1. The Morgan fingerprint density at radius 2 is 1.76 bits per heavy atom. The van der Waals surface area contributed by atoms with E-state index in [1.807, 2.05) is 12.1 Å². The predicted octanol–water partition coefficient (Wildman–Crippen LogP) is 2.97. The summed E-state index contributed by atoms with van der Waals surface area (Å²) in [7, 11) is 0. The highest BCUT2D eigenvalue weighted by atomic mass is 35.5. The van der Waals surface area contributed by atoms with Crippen LogP contribution in [-0.2, 0) is 16.1 Å². The Kier molecular flexibility index (Phi) is 3.73. The SMILES string of the molecule is O=C1[C@H]2N=NN(Cc3ccccc3Cl)[C@@H]2C(=O)N1c1ccc(F)cc1. The van der Waals surface area contributed by atoms with Gasteiger partial charge in [0.25, 0.3) is 11.8 Å². The fourth-order valence-corrected chi connectivity index (χ4v) is 3.20. The molecule has 1 saturated heterocycles. The third-order valence-corrected chi connectivity index (χ3v) is 4.60. The lowest BCUT2D eigenvalue weighted by Crippen LogP contribution is -2.39. The molecule has 0 N–H and O–H groups in total. The van der Waals surface area contributed by atoms with Crippen molar-refractivity contribution >= 4 is 29.1 Å². The summed E-state index contributed by atoms with van der Waals surface area (Å²) in [6.45, 7) is 0.265. The predicted molar refractivity (Wildman–Crippen MR) is 88.3 cm³/mol. The molecule has 0 unspecified atom stereocenters. The number of rotatable bonds is 3. The quantitative estimate of drug-likeness (QED) is 0.792. The average molecular weight is 359 g/mol. The number of amides is 2. The maximum Gasteiger partial charge on any atom is 0.263 e. The van der Waals surface area contributed by atoms with E-state index in [0.717, 1.165) is 10.5 Å². The molecule has 6 nitrogen and oxygen atoms in total. The van der Waals surface area contributed by atoms with E-state index < -0.39 is 29.7 Å². The van der Waals surface area contributed by atoms with Crippen LogP contribution >= 0.6 is 11.6 Å². The average Bonchev–Trinajstić information content (AvgIpc) is 3.12. The second kappa shape index (κ2) is 5.93. The van der Waals surface area contributed by atoms with Crippen LogP contribution in [0.1, 0.15) is 5.56 Å². The zero-order valence-corrected chi connectivity index (χ0v) is 13.6. The van der Waals surface area contributed by atoms with E-state index in [4.69, 9.17) is 11.6 Å². The molecule has 1 fully saturated rings. The molecule has 4 rings (SSSR count). The molecule has 126 valence electrons. The zero-order chi connectivity index (χ0) is 17.6. The Hall–Kier alpha value is -2.80. The van der Waals surface area contributed by atoms with Crippen LogP contribution in [0.25, 0.3) is 0 Å². The van der Waals surface area contributed by atoms with Crippen LogP contribution in [0, 0.1) is 5.82 Å². The van der Waals surface area contributed by atoms with Crippen LogP contribution in [0.5, 0.6) is 0 Å². The molecular formula is C17H12ClFN4O2. The minimum atomic E-state index is -0.889. The number of benzene rings is 2. The number of hydrogen-bond donors (Lipinski definition) is 0. The molecule has 0 saturated carbocycles. The van der Waals surface area contributed by atoms with E-state index in [0.29, 0.717) is 10.7 Å². The van der Waals surface area contributed by atoms with E-state index in [9.17, 15) is 14.0 Å². The third-order valence-electron chi connectivity index (χ3n) is 4.23. The van der Waals surface area contributed by atoms with Crippen molar-refractivity contribution in [2.24, 2.45) is 10.3 Å². The third kappa shape index (κ3) is 2.56. The van der Waals surface area contributed by atoms with Crippen LogP contribution in [0.3, 0.4) is 0 Å². The standard InChI is InChI=1S/C17H12ClFN4O2/c18-13-4-2-1-3-10(13)9-22-15-14(20-21-22)16(24)23(17(15)25)12-7-5-11(19)6-8-12/h1-8,14-15H,9H2/t14-,15-/m0/s1. The fourth-order valence-electron chi connectivity index (χ4n) is 3.00. The molecule has 2 atom stereocenters. The number of nitrogens with zero attached hydrogens (tertiary/aromatic N) is 4. The number of fused-ring (bicyclic) bond motifs is 1. The lowest BCUT2D eigenvalue weighted by atomic mass is 10.1. The summed E-state index contributed by atoms with van der Waals surface area (Å²) in [6.07, 6.45) is 0. The van der Waals surface area contributed by atoms with Crippen molar-refractivity contribution in [2.45, 2.75) is 18.6 Å². The summed E-state index contributed by atoms with van der Waals surface area (Å²) in [4.78, 5) is 26.4. The summed E-state index contributed by atoms with van der Waals surface area (Å²) in [5.41, 5.74) is 1.10. The van der Waals surface area contributed by atoms with Crippen molar-refractivity contribution in [3.8, 4) is 0 Å². The van der Waals surface area contributed by atoms with Gasteiger partial charge < -0.3 is 0 Å². The van der Waals surface area contributed by atoms with Gasteiger partial charge in [-0.1, -0.05) is 35.0 Å². The molecule has 0 aromatic heterocycles. The summed E-state index contributed by atoms with van der Waals surface area (Å²) in [5, 5.41) is 9.94. The number of carbonyl (C=O) groups excluding carboxylic acids is 2. The Morgan fingerprint density at radius 1 is 1.04 bits per heavy atom. The highest BCUT2D eigenvalue weighted by molar-refractivity contribution is 6.31. The lowest BCUT2D eigenvalue weighted by Gasteiger charge is -2.21. The van der Waals surface area contributed by atoms with Gasteiger partial charge in [0, 0.05) is 5.02 Å². The molecular weight excluding hydrogens is 347 g/mol. The number of imide groups is 1. The van der Waals surface area contributed by atoms with Gasteiger partial charge in [-0.2, -0.15) is 5.11 Å². The summed E-state index contributed by atoms with van der Waals surface area (Å²) in [5.74, 6) is -1.34. The van der Waals surface area contributed by atoms with E-state index >= 15 is 0 Å². The molecule has 25 heavy (non-hydrogen) atoms. The van der Waals surface area contributed by atoms with E-state index in [1.165, 1.54) is 29.3 Å². The summed E-state index contributed by atoms with van der Waals surface area (Å²) in [6, 6.07) is 10.7. The monoisotopic (exact) mass is 358 g/mol. The topological polar surface area (TPSA) is 65.3 Å². The highest BCUT2D eigenvalue weighted by Gasteiger charge is 2.54. The first kappa shape index (κ1) is 15.7. The maximum atomic E-state index is 13.1. The van der Waals surface area contributed by atoms with Gasteiger partial charge in [0.05, 0.1) is 12.2 Å². The lowest BCUT2D eigenvalue weighted by molar-refractivity contribution is -0.123. The summed E-state index contributed by atoms with van der Waals surface area (Å²) >= 11 is 6.15. The van der Waals surface area contributed by atoms with Crippen molar-refractivity contribution < 1.29 is 14.0 Å². The first-order valence-corrected chi connectivity index (χ1v) is 7.98. The van der Waals surface area contributed by atoms with Crippen LogP contribution in [-0.4, -0.2) is 28.9 Å². The molecule has 0 aliphatic carbocycles. The number of hydrogen-bond acceptors (Lipinski definition) is 5. The van der Waals surface area contributed by atoms with Crippen LogP contribution in [0.4, 0.5) is 10.1 Å². The first-order valence-electron chi connectivity index (χ1n) is 7.60. The normalized spacial score (nSPS) is 22.0. The van der Waals surface area contributed by atoms with Gasteiger partial charge in [0.15, 0.2) is 12.1 Å². The molecule has 2 aliphatic rings. The van der Waals surface area contributed by atoms with Gasteiger partial charge in [-0.3, -0.25) is 14.6 Å². The zero-order valence-electron chi connectivity index (χ0n) is 12.8. The maximum absolute atomic E-state index is 13.1. The van der Waals surface area contributed by atoms with Gasteiger partial charge >= 0.3 is 0 Å². The molecule has 2 aromatic rings. The van der Waals surface area contributed by atoms with Crippen molar-refractivity contribution in [3.05, 3.63) is 64.9 Å². The molecule has 0 bridgehead atoms. The highest BCUT2D eigenvalue weighted by Crippen LogP contribution is 2.33. The fraction of sp³-hybridized carbons (Fsp3) is 0.176. The number of halogens is 2. The Balaban J connectivity index is 1.62. The molecule has 2 aromatic carbocycles.